The number of ether oxygens (including phenoxy) is 2. The number of hydrogen-bond donors (Lipinski definition) is 1. The van der Waals surface area contributed by atoms with Crippen LogP contribution in [0.4, 0.5) is 24.7 Å². The normalized spacial score (nSPS) is 18.3. The smallest absolute Gasteiger partial charge is 0.406 e. The fraction of sp³-hybridized carbons (Fsp3) is 0.308. The average molecular weight is 486 g/mol. The lowest BCUT2D eigenvalue weighted by atomic mass is 9.99. The zero-order valence-electron chi connectivity index (χ0n) is 19.6. The molecule has 0 aliphatic carbocycles. The van der Waals surface area contributed by atoms with Gasteiger partial charge < -0.3 is 19.7 Å². The molecule has 1 aliphatic heterocycles. The van der Waals surface area contributed by atoms with Gasteiger partial charge in [0, 0.05) is 18.7 Å². The topological polar surface area (TPSA) is 63.7 Å². The van der Waals surface area contributed by atoms with E-state index in [-0.39, 0.29) is 23.9 Å². The van der Waals surface area contributed by atoms with Gasteiger partial charge in [0.15, 0.2) is 0 Å². The first-order valence-corrected chi connectivity index (χ1v) is 11.2. The lowest BCUT2D eigenvalue weighted by Gasteiger charge is -2.36. The number of anilines is 2. The molecule has 9 heteroatoms. The summed E-state index contributed by atoms with van der Waals surface area (Å²) >= 11 is 0. The molecule has 4 rings (SSSR count). The molecule has 0 bridgehead atoms. The number of benzene rings is 2. The maximum atomic E-state index is 12.8. The van der Waals surface area contributed by atoms with Gasteiger partial charge in [-0.15, -0.1) is 13.2 Å². The maximum Gasteiger partial charge on any atom is 0.573 e. The molecule has 1 amide bonds. The standard InChI is InChI=1S/C26H26F3N3O3/c1-16-12-20(19-4-8-22(9-5-19)35-26(27,28)29)6-10-23(16)25(33)31-21-7-11-24(30-13-21)32-14-17(2)34-18(3)15-32/h4-13,17-18H,14-15H2,1-3H3,(H,31,33)/t17-,18+. The molecule has 2 atom stereocenters. The molecule has 184 valence electrons. The number of pyridine rings is 1. The Hall–Kier alpha value is -3.59. The Bertz CT molecular complexity index is 1170. The quantitative estimate of drug-likeness (QED) is 0.493. The molecule has 0 unspecified atom stereocenters. The summed E-state index contributed by atoms with van der Waals surface area (Å²) in [5, 5.41) is 2.87. The van der Waals surface area contributed by atoms with Gasteiger partial charge in [-0.25, -0.2) is 4.98 Å². The van der Waals surface area contributed by atoms with Gasteiger partial charge in [0.1, 0.15) is 11.6 Å². The van der Waals surface area contributed by atoms with E-state index in [1.807, 2.05) is 39.0 Å². The van der Waals surface area contributed by atoms with Crippen molar-refractivity contribution in [3.8, 4) is 16.9 Å². The molecule has 0 saturated carbocycles. The average Bonchev–Trinajstić information content (AvgIpc) is 2.78. The van der Waals surface area contributed by atoms with E-state index < -0.39 is 6.36 Å². The molecule has 1 aromatic heterocycles. The molecule has 1 saturated heterocycles. The van der Waals surface area contributed by atoms with Crippen molar-refractivity contribution in [2.24, 2.45) is 0 Å². The Kier molecular flexibility index (Phi) is 6.98. The number of aromatic nitrogens is 1. The molecule has 1 N–H and O–H groups in total. The first kappa shape index (κ1) is 24.5. The van der Waals surface area contributed by atoms with Gasteiger partial charge in [-0.05, 0) is 67.8 Å². The fourth-order valence-electron chi connectivity index (χ4n) is 4.16. The molecular weight excluding hydrogens is 459 g/mol. The zero-order valence-corrected chi connectivity index (χ0v) is 19.6. The van der Waals surface area contributed by atoms with E-state index in [4.69, 9.17) is 4.74 Å². The molecule has 35 heavy (non-hydrogen) atoms. The summed E-state index contributed by atoms with van der Waals surface area (Å²) in [6, 6.07) is 14.6. The van der Waals surface area contributed by atoms with Gasteiger partial charge in [-0.2, -0.15) is 0 Å². The van der Waals surface area contributed by atoms with Gasteiger partial charge in [0.05, 0.1) is 24.1 Å². The number of nitrogens with one attached hydrogen (secondary N) is 1. The number of carbonyl (C=O) groups excluding carboxylic acids is 1. The van der Waals surface area contributed by atoms with Crippen LogP contribution in [0.25, 0.3) is 11.1 Å². The highest BCUT2D eigenvalue weighted by atomic mass is 19.4. The molecular formula is C26H26F3N3O3. The minimum absolute atomic E-state index is 0.122. The van der Waals surface area contributed by atoms with Crippen molar-refractivity contribution in [2.75, 3.05) is 23.3 Å². The van der Waals surface area contributed by atoms with Crippen molar-refractivity contribution in [3.05, 3.63) is 71.9 Å². The van der Waals surface area contributed by atoms with Crippen molar-refractivity contribution < 1.29 is 27.4 Å². The van der Waals surface area contributed by atoms with Crippen LogP contribution in [0.5, 0.6) is 5.75 Å². The number of rotatable bonds is 5. The fourth-order valence-corrected chi connectivity index (χ4v) is 4.16. The number of nitrogens with zero attached hydrogens (tertiary/aromatic N) is 2. The third-order valence-corrected chi connectivity index (χ3v) is 5.64. The van der Waals surface area contributed by atoms with Crippen LogP contribution >= 0.6 is 0 Å². The summed E-state index contributed by atoms with van der Waals surface area (Å²) in [5.41, 5.74) is 3.29. The van der Waals surface area contributed by atoms with Crippen molar-refractivity contribution >= 4 is 17.4 Å². The summed E-state index contributed by atoms with van der Waals surface area (Å²) in [6.07, 6.45) is -2.86. The third-order valence-electron chi connectivity index (χ3n) is 5.64. The summed E-state index contributed by atoms with van der Waals surface area (Å²) in [6.45, 7) is 7.38. The Balaban J connectivity index is 1.42. The number of carbonyl (C=O) groups is 1. The maximum absolute atomic E-state index is 12.8. The highest BCUT2D eigenvalue weighted by Gasteiger charge is 2.31. The highest BCUT2D eigenvalue weighted by molar-refractivity contribution is 6.05. The minimum Gasteiger partial charge on any atom is -0.406 e. The van der Waals surface area contributed by atoms with Gasteiger partial charge >= 0.3 is 6.36 Å². The van der Waals surface area contributed by atoms with Crippen LogP contribution in [0, 0.1) is 6.92 Å². The predicted octanol–water partition coefficient (Wildman–Crippen LogP) is 5.82. The van der Waals surface area contributed by atoms with Crippen molar-refractivity contribution in [1.82, 2.24) is 4.98 Å². The lowest BCUT2D eigenvalue weighted by Crippen LogP contribution is -2.45. The van der Waals surface area contributed by atoms with Crippen LogP contribution in [0.1, 0.15) is 29.8 Å². The second-order valence-corrected chi connectivity index (χ2v) is 8.62. The molecule has 1 aliphatic rings. The first-order chi connectivity index (χ1) is 16.6. The van der Waals surface area contributed by atoms with Gasteiger partial charge in [0.2, 0.25) is 0 Å². The van der Waals surface area contributed by atoms with E-state index in [0.717, 1.165) is 30.0 Å². The molecule has 2 heterocycles. The van der Waals surface area contributed by atoms with Crippen LogP contribution in [-0.4, -0.2) is 42.6 Å². The largest absolute Gasteiger partial charge is 0.573 e. The number of alkyl halides is 3. The van der Waals surface area contributed by atoms with Gasteiger partial charge in [0.25, 0.3) is 5.91 Å². The Morgan fingerprint density at radius 3 is 2.26 bits per heavy atom. The zero-order chi connectivity index (χ0) is 25.2. The third kappa shape index (κ3) is 6.30. The Morgan fingerprint density at radius 1 is 1.03 bits per heavy atom. The van der Waals surface area contributed by atoms with Crippen LogP contribution in [0.2, 0.25) is 0 Å². The minimum atomic E-state index is -4.73. The van der Waals surface area contributed by atoms with Crippen LogP contribution in [-0.2, 0) is 4.74 Å². The number of hydrogen-bond acceptors (Lipinski definition) is 5. The number of morpholine rings is 1. The van der Waals surface area contributed by atoms with Crippen molar-refractivity contribution in [2.45, 2.75) is 39.3 Å². The number of halogens is 3. The molecule has 6 nitrogen and oxygen atoms in total. The van der Waals surface area contributed by atoms with Crippen molar-refractivity contribution in [3.63, 3.8) is 0 Å². The van der Waals surface area contributed by atoms with E-state index in [9.17, 15) is 18.0 Å². The predicted molar refractivity (Wildman–Crippen MR) is 128 cm³/mol. The van der Waals surface area contributed by atoms with E-state index >= 15 is 0 Å². The summed E-state index contributed by atoms with van der Waals surface area (Å²) in [5.74, 6) is 0.273. The summed E-state index contributed by atoms with van der Waals surface area (Å²) in [7, 11) is 0. The highest BCUT2D eigenvalue weighted by Crippen LogP contribution is 2.28. The first-order valence-electron chi connectivity index (χ1n) is 11.2. The molecule has 3 aromatic rings. The second-order valence-electron chi connectivity index (χ2n) is 8.62. The van der Waals surface area contributed by atoms with Gasteiger partial charge in [-0.3, -0.25) is 4.79 Å². The van der Waals surface area contributed by atoms with E-state index in [0.29, 0.717) is 16.8 Å². The molecule has 2 aromatic carbocycles. The van der Waals surface area contributed by atoms with E-state index in [1.54, 1.807) is 30.5 Å². The van der Waals surface area contributed by atoms with Gasteiger partial charge in [-0.1, -0.05) is 24.3 Å². The second kappa shape index (κ2) is 9.95. The van der Waals surface area contributed by atoms with Crippen LogP contribution < -0.4 is 15.0 Å². The van der Waals surface area contributed by atoms with E-state index in [2.05, 4.69) is 19.9 Å². The Morgan fingerprint density at radius 2 is 1.69 bits per heavy atom. The van der Waals surface area contributed by atoms with Crippen LogP contribution in [0.3, 0.4) is 0 Å². The van der Waals surface area contributed by atoms with Crippen LogP contribution in [0.15, 0.2) is 60.8 Å². The molecule has 0 radical (unpaired) electrons. The monoisotopic (exact) mass is 485 g/mol. The van der Waals surface area contributed by atoms with Crippen molar-refractivity contribution in [1.29, 1.82) is 0 Å². The number of aryl methyl sites for hydroxylation is 1. The summed E-state index contributed by atoms with van der Waals surface area (Å²) < 4.78 is 46.7. The SMILES string of the molecule is Cc1cc(-c2ccc(OC(F)(F)F)cc2)ccc1C(=O)Nc1ccc(N2C[C@@H](C)O[C@@H](C)C2)nc1. The summed E-state index contributed by atoms with van der Waals surface area (Å²) in [4.78, 5) is 19.5. The molecule has 1 fully saturated rings. The lowest BCUT2D eigenvalue weighted by molar-refractivity contribution is -0.274. The molecule has 0 spiro atoms. The Labute approximate surface area is 201 Å². The number of amides is 1. The van der Waals surface area contributed by atoms with E-state index in [1.165, 1.54) is 12.1 Å².